The number of fused-ring (bicyclic) bond motifs is 1. The van der Waals surface area contributed by atoms with Crippen molar-refractivity contribution in [3.63, 3.8) is 0 Å². The molecule has 0 amide bonds. The molecule has 3 aromatic heterocycles. The summed E-state index contributed by atoms with van der Waals surface area (Å²) >= 11 is 0. The Morgan fingerprint density at radius 2 is 1.94 bits per heavy atom. The van der Waals surface area contributed by atoms with Crippen molar-refractivity contribution in [2.45, 2.75) is 6.92 Å². The van der Waals surface area contributed by atoms with Gasteiger partial charge in [0.05, 0.1) is 23.8 Å². The van der Waals surface area contributed by atoms with Crippen molar-refractivity contribution in [3.8, 4) is 5.69 Å². The summed E-state index contributed by atoms with van der Waals surface area (Å²) in [4.78, 5) is 15.5. The maximum absolute atomic E-state index is 11.1. The van der Waals surface area contributed by atoms with Gasteiger partial charge >= 0.3 is 0 Å². The van der Waals surface area contributed by atoms with Crippen molar-refractivity contribution in [3.05, 3.63) is 58.9 Å². The van der Waals surface area contributed by atoms with E-state index in [1.807, 2.05) is 23.8 Å². The normalized spacial score (nSPS) is 10.9. The van der Waals surface area contributed by atoms with Crippen LogP contribution in [0.3, 0.4) is 0 Å². The number of nitrogens with zero attached hydrogens (tertiary/aromatic N) is 4. The lowest BCUT2D eigenvalue weighted by Gasteiger charge is -2.05. The van der Waals surface area contributed by atoms with Crippen molar-refractivity contribution < 1.29 is 0 Å². The first-order valence-electron chi connectivity index (χ1n) is 5.24. The van der Waals surface area contributed by atoms with Crippen LogP contribution in [0.4, 0.5) is 0 Å². The van der Waals surface area contributed by atoms with Gasteiger partial charge in [-0.15, -0.1) is 0 Å². The monoisotopic (exact) mass is 226 g/mol. The molecule has 0 aliphatic heterocycles. The SMILES string of the molecule is Cc1cn2nccc(-n3ccc(=O)cc3)c2n1. The number of imidazole rings is 1. The van der Waals surface area contributed by atoms with Gasteiger partial charge < -0.3 is 4.57 Å². The first-order chi connectivity index (χ1) is 8.24. The lowest BCUT2D eigenvalue weighted by molar-refractivity contribution is 0.910. The lowest BCUT2D eigenvalue weighted by atomic mass is 10.4. The third-order valence-corrected chi connectivity index (χ3v) is 2.54. The first kappa shape index (κ1) is 9.77. The third-order valence-electron chi connectivity index (χ3n) is 2.54. The fourth-order valence-corrected chi connectivity index (χ4v) is 1.77. The van der Waals surface area contributed by atoms with Gasteiger partial charge in [0.1, 0.15) is 0 Å². The molecule has 17 heavy (non-hydrogen) atoms. The molecular formula is C12H10N4O. The summed E-state index contributed by atoms with van der Waals surface area (Å²) in [5.41, 5.74) is 2.57. The van der Waals surface area contributed by atoms with Crippen LogP contribution in [0.25, 0.3) is 11.3 Å². The number of rotatable bonds is 1. The van der Waals surface area contributed by atoms with E-state index in [4.69, 9.17) is 0 Å². The fourth-order valence-electron chi connectivity index (χ4n) is 1.77. The molecule has 0 saturated carbocycles. The van der Waals surface area contributed by atoms with E-state index in [9.17, 15) is 4.79 Å². The van der Waals surface area contributed by atoms with Crippen molar-refractivity contribution >= 4 is 5.65 Å². The highest BCUT2D eigenvalue weighted by Gasteiger charge is 2.05. The van der Waals surface area contributed by atoms with Crippen molar-refractivity contribution in [2.75, 3.05) is 0 Å². The van der Waals surface area contributed by atoms with Gasteiger partial charge in [0, 0.05) is 24.5 Å². The summed E-state index contributed by atoms with van der Waals surface area (Å²) in [6.45, 7) is 1.92. The van der Waals surface area contributed by atoms with Crippen LogP contribution < -0.4 is 5.43 Å². The number of aryl methyl sites for hydroxylation is 1. The molecular weight excluding hydrogens is 216 g/mol. The van der Waals surface area contributed by atoms with E-state index in [1.54, 1.807) is 23.1 Å². The van der Waals surface area contributed by atoms with Crippen molar-refractivity contribution in [1.29, 1.82) is 0 Å². The second-order valence-electron chi connectivity index (χ2n) is 3.81. The Morgan fingerprint density at radius 1 is 1.18 bits per heavy atom. The van der Waals surface area contributed by atoms with E-state index in [1.165, 1.54) is 12.1 Å². The summed E-state index contributed by atoms with van der Waals surface area (Å²) in [7, 11) is 0. The van der Waals surface area contributed by atoms with E-state index in [-0.39, 0.29) is 5.43 Å². The molecule has 3 aromatic rings. The molecule has 0 aromatic carbocycles. The molecule has 5 nitrogen and oxygen atoms in total. The molecule has 5 heteroatoms. The molecule has 0 atom stereocenters. The summed E-state index contributed by atoms with van der Waals surface area (Å²) in [6.07, 6.45) is 7.02. The van der Waals surface area contributed by atoms with Gasteiger partial charge in [0.15, 0.2) is 11.1 Å². The van der Waals surface area contributed by atoms with E-state index in [2.05, 4.69) is 10.1 Å². The van der Waals surface area contributed by atoms with E-state index in [0.717, 1.165) is 17.0 Å². The molecule has 0 unspecified atom stereocenters. The average molecular weight is 226 g/mol. The number of hydrogen-bond donors (Lipinski definition) is 0. The Balaban J connectivity index is 2.29. The average Bonchev–Trinajstić information content (AvgIpc) is 2.70. The minimum atomic E-state index is -0.00847. The van der Waals surface area contributed by atoms with Gasteiger partial charge in [-0.1, -0.05) is 0 Å². The highest BCUT2D eigenvalue weighted by molar-refractivity contribution is 5.58. The topological polar surface area (TPSA) is 52.2 Å². The zero-order chi connectivity index (χ0) is 11.8. The van der Waals surface area contributed by atoms with Crippen LogP contribution in [-0.2, 0) is 0 Å². The van der Waals surface area contributed by atoms with Crippen molar-refractivity contribution in [1.82, 2.24) is 19.2 Å². The van der Waals surface area contributed by atoms with Crippen LogP contribution in [0.5, 0.6) is 0 Å². The van der Waals surface area contributed by atoms with Crippen LogP contribution >= 0.6 is 0 Å². The number of pyridine rings is 1. The highest BCUT2D eigenvalue weighted by Crippen LogP contribution is 2.13. The number of aromatic nitrogens is 4. The third kappa shape index (κ3) is 1.61. The van der Waals surface area contributed by atoms with E-state index < -0.39 is 0 Å². The highest BCUT2D eigenvalue weighted by atomic mass is 16.1. The van der Waals surface area contributed by atoms with Crippen LogP contribution in [0.1, 0.15) is 5.69 Å². The second-order valence-corrected chi connectivity index (χ2v) is 3.81. The van der Waals surface area contributed by atoms with Gasteiger partial charge in [0.2, 0.25) is 0 Å². The van der Waals surface area contributed by atoms with Gasteiger partial charge in [-0.3, -0.25) is 4.79 Å². The van der Waals surface area contributed by atoms with E-state index in [0.29, 0.717) is 0 Å². The second kappa shape index (κ2) is 3.55. The summed E-state index contributed by atoms with van der Waals surface area (Å²) in [5, 5.41) is 4.18. The zero-order valence-corrected chi connectivity index (χ0v) is 9.24. The molecule has 0 radical (unpaired) electrons. The Hall–Kier alpha value is -2.43. The Kier molecular flexibility index (Phi) is 2.04. The van der Waals surface area contributed by atoms with Crippen LogP contribution in [0.15, 0.2) is 47.8 Å². The van der Waals surface area contributed by atoms with Gasteiger partial charge in [0.25, 0.3) is 0 Å². The maximum atomic E-state index is 11.1. The molecule has 0 bridgehead atoms. The molecule has 3 rings (SSSR count). The molecule has 0 spiro atoms. The minimum Gasteiger partial charge on any atom is -0.320 e. The standard InChI is InChI=1S/C12H10N4O/c1-9-8-16-12(14-9)11(2-5-13-16)15-6-3-10(17)4-7-15/h2-8H,1H3. The van der Waals surface area contributed by atoms with Crippen LogP contribution in [0, 0.1) is 6.92 Å². The molecule has 84 valence electrons. The molecule has 0 aliphatic carbocycles. The van der Waals surface area contributed by atoms with Gasteiger partial charge in [-0.2, -0.15) is 5.10 Å². The predicted octanol–water partition coefficient (Wildman–Crippen LogP) is 1.19. The molecule has 3 heterocycles. The summed E-state index contributed by atoms with van der Waals surface area (Å²) in [5.74, 6) is 0. The molecule has 0 saturated heterocycles. The zero-order valence-electron chi connectivity index (χ0n) is 9.24. The van der Waals surface area contributed by atoms with Gasteiger partial charge in [-0.05, 0) is 13.0 Å². The van der Waals surface area contributed by atoms with Crippen molar-refractivity contribution in [2.24, 2.45) is 0 Å². The summed E-state index contributed by atoms with van der Waals surface area (Å²) < 4.78 is 3.58. The lowest BCUT2D eigenvalue weighted by Crippen LogP contribution is -2.04. The van der Waals surface area contributed by atoms with Gasteiger partial charge in [-0.25, -0.2) is 9.50 Å². The molecule has 0 N–H and O–H groups in total. The van der Waals surface area contributed by atoms with Crippen LogP contribution in [-0.4, -0.2) is 19.2 Å². The minimum absolute atomic E-state index is 0.00847. The Morgan fingerprint density at radius 3 is 2.71 bits per heavy atom. The van der Waals surface area contributed by atoms with E-state index >= 15 is 0 Å². The molecule has 0 aliphatic rings. The Bertz CT molecular complexity index is 721. The predicted molar refractivity (Wildman–Crippen MR) is 63.3 cm³/mol. The largest absolute Gasteiger partial charge is 0.320 e. The number of hydrogen-bond acceptors (Lipinski definition) is 3. The smallest absolute Gasteiger partial charge is 0.181 e. The summed E-state index contributed by atoms with van der Waals surface area (Å²) in [6, 6.07) is 4.91. The Labute approximate surface area is 97.0 Å². The maximum Gasteiger partial charge on any atom is 0.181 e. The molecule has 0 fully saturated rings. The fraction of sp³-hybridized carbons (Fsp3) is 0.0833. The quantitative estimate of drug-likeness (QED) is 0.626. The first-order valence-corrected chi connectivity index (χ1v) is 5.24. The van der Waals surface area contributed by atoms with Crippen LogP contribution in [0.2, 0.25) is 0 Å².